The van der Waals surface area contributed by atoms with Crippen molar-refractivity contribution in [2.75, 3.05) is 24.9 Å². The van der Waals surface area contributed by atoms with Gasteiger partial charge in [-0.05, 0) is 23.3 Å². The largest absolute Gasteiger partial charge is 0.497 e. The summed E-state index contributed by atoms with van der Waals surface area (Å²) >= 11 is 0. The summed E-state index contributed by atoms with van der Waals surface area (Å²) in [4.78, 5) is 20.0. The van der Waals surface area contributed by atoms with Gasteiger partial charge in [0.2, 0.25) is 11.6 Å². The zero-order chi connectivity index (χ0) is 23.9. The number of benzene rings is 3. The van der Waals surface area contributed by atoms with Crippen molar-refractivity contribution in [2.24, 2.45) is 0 Å². The molecule has 0 aliphatic carbocycles. The molecule has 4 aromatic rings. The Morgan fingerprint density at radius 2 is 1.47 bits per heavy atom. The number of aromatic nitrogens is 2. The molecule has 1 heterocycles. The molecule has 0 saturated heterocycles. The summed E-state index contributed by atoms with van der Waals surface area (Å²) < 4.78 is 10.6. The van der Waals surface area contributed by atoms with E-state index in [1.807, 2.05) is 60.7 Å². The zero-order valence-corrected chi connectivity index (χ0v) is 18.6. The van der Waals surface area contributed by atoms with Crippen LogP contribution in [0.25, 0.3) is 0 Å². The highest BCUT2D eigenvalue weighted by Crippen LogP contribution is 2.37. The van der Waals surface area contributed by atoms with Crippen LogP contribution in [0.3, 0.4) is 0 Å². The van der Waals surface area contributed by atoms with E-state index < -0.39 is 4.92 Å². The van der Waals surface area contributed by atoms with E-state index in [9.17, 15) is 10.1 Å². The smallest absolute Gasteiger partial charge is 0.353 e. The number of nitrogens with zero attached hydrogens (tertiary/aromatic N) is 3. The van der Waals surface area contributed by atoms with Gasteiger partial charge in [-0.25, -0.2) is 9.97 Å². The summed E-state index contributed by atoms with van der Waals surface area (Å²) in [6, 6.07) is 24.1. The highest BCUT2D eigenvalue weighted by atomic mass is 16.6. The third kappa shape index (κ3) is 4.88. The first kappa shape index (κ1) is 22.5. The molecule has 3 aromatic carbocycles. The average molecular weight is 457 g/mol. The van der Waals surface area contributed by atoms with E-state index in [1.54, 1.807) is 25.3 Å². The molecule has 4 rings (SSSR count). The van der Waals surface area contributed by atoms with E-state index in [1.165, 1.54) is 13.4 Å². The number of methoxy groups -OCH3 is 2. The summed E-state index contributed by atoms with van der Waals surface area (Å²) in [6.45, 7) is 0. The second kappa shape index (κ2) is 10.3. The van der Waals surface area contributed by atoms with Crippen molar-refractivity contribution in [1.82, 2.24) is 9.97 Å². The van der Waals surface area contributed by atoms with Crippen molar-refractivity contribution in [2.45, 2.75) is 6.04 Å². The minimum atomic E-state index is -0.506. The Kier molecular flexibility index (Phi) is 6.83. The van der Waals surface area contributed by atoms with E-state index in [0.717, 1.165) is 11.1 Å². The van der Waals surface area contributed by atoms with Crippen LogP contribution in [0.15, 0.2) is 85.2 Å². The highest BCUT2D eigenvalue weighted by molar-refractivity contribution is 5.76. The Bertz CT molecular complexity index is 1230. The lowest BCUT2D eigenvalue weighted by atomic mass is 9.99. The van der Waals surface area contributed by atoms with Crippen molar-refractivity contribution in [3.8, 4) is 11.5 Å². The summed E-state index contributed by atoms with van der Waals surface area (Å²) in [5, 5.41) is 18.4. The maximum absolute atomic E-state index is 12.1. The Hall–Kier alpha value is -4.66. The molecule has 2 N–H and O–H groups in total. The van der Waals surface area contributed by atoms with Gasteiger partial charge in [0, 0.05) is 6.07 Å². The third-order valence-corrected chi connectivity index (χ3v) is 5.21. The van der Waals surface area contributed by atoms with Crippen molar-refractivity contribution in [1.29, 1.82) is 0 Å². The molecular formula is C25H23N5O4. The lowest BCUT2D eigenvalue weighted by Gasteiger charge is -2.21. The van der Waals surface area contributed by atoms with E-state index in [0.29, 0.717) is 17.2 Å². The number of rotatable bonds is 9. The summed E-state index contributed by atoms with van der Waals surface area (Å²) in [7, 11) is 3.05. The Morgan fingerprint density at radius 3 is 2.03 bits per heavy atom. The quantitative estimate of drug-likeness (QED) is 0.256. The monoisotopic (exact) mass is 457 g/mol. The minimum Gasteiger partial charge on any atom is -0.497 e. The van der Waals surface area contributed by atoms with Crippen LogP contribution in [0.4, 0.5) is 23.0 Å². The van der Waals surface area contributed by atoms with E-state index in [2.05, 4.69) is 20.6 Å². The maximum atomic E-state index is 12.1. The van der Waals surface area contributed by atoms with E-state index in [-0.39, 0.29) is 23.4 Å². The summed E-state index contributed by atoms with van der Waals surface area (Å²) in [5.41, 5.74) is 2.09. The fourth-order valence-corrected chi connectivity index (χ4v) is 3.56. The molecule has 0 amide bonds. The van der Waals surface area contributed by atoms with Crippen molar-refractivity contribution in [3.63, 3.8) is 0 Å². The topological polar surface area (TPSA) is 111 Å². The molecule has 34 heavy (non-hydrogen) atoms. The van der Waals surface area contributed by atoms with E-state index >= 15 is 0 Å². The van der Waals surface area contributed by atoms with Gasteiger partial charge in [0.15, 0.2) is 0 Å². The molecule has 1 aromatic heterocycles. The molecule has 0 unspecified atom stereocenters. The lowest BCUT2D eigenvalue weighted by Crippen LogP contribution is -2.15. The Balaban J connectivity index is 1.74. The second-order valence-electron chi connectivity index (χ2n) is 7.27. The predicted octanol–water partition coefficient (Wildman–Crippen LogP) is 5.35. The van der Waals surface area contributed by atoms with Gasteiger partial charge >= 0.3 is 5.69 Å². The standard InChI is InChI=1S/C25H23N5O4/c1-33-19-13-14-20(21(15-19)34-2)28-24-23(30(31)32)25(27-16-26-24)29-22(17-9-5-3-6-10-17)18-11-7-4-8-12-18/h3-16,22H,1-2H3,(H2,26,27,28,29). The van der Waals surface area contributed by atoms with Gasteiger partial charge in [0.25, 0.3) is 0 Å². The number of hydrogen-bond donors (Lipinski definition) is 2. The maximum Gasteiger partial charge on any atom is 0.353 e. The molecule has 0 saturated carbocycles. The summed E-state index contributed by atoms with van der Waals surface area (Å²) in [5.74, 6) is 1.17. The Morgan fingerprint density at radius 1 is 0.853 bits per heavy atom. The van der Waals surface area contributed by atoms with Crippen molar-refractivity contribution >= 4 is 23.0 Å². The summed E-state index contributed by atoms with van der Waals surface area (Å²) in [6.07, 6.45) is 1.28. The van der Waals surface area contributed by atoms with Crippen LogP contribution in [0.5, 0.6) is 11.5 Å². The minimum absolute atomic E-state index is 0.0332. The van der Waals surface area contributed by atoms with Crippen LogP contribution in [0.1, 0.15) is 17.2 Å². The third-order valence-electron chi connectivity index (χ3n) is 5.21. The first-order chi connectivity index (χ1) is 16.6. The molecule has 0 fully saturated rings. The van der Waals surface area contributed by atoms with Crippen LogP contribution in [-0.4, -0.2) is 29.1 Å². The van der Waals surface area contributed by atoms with Crippen LogP contribution >= 0.6 is 0 Å². The predicted molar refractivity (Wildman–Crippen MR) is 130 cm³/mol. The molecule has 0 bridgehead atoms. The van der Waals surface area contributed by atoms with Crippen molar-refractivity contribution in [3.05, 3.63) is 106 Å². The molecular weight excluding hydrogens is 434 g/mol. The van der Waals surface area contributed by atoms with Crippen LogP contribution in [-0.2, 0) is 0 Å². The lowest BCUT2D eigenvalue weighted by molar-refractivity contribution is -0.383. The zero-order valence-electron chi connectivity index (χ0n) is 18.6. The number of nitrogens with one attached hydrogen (secondary N) is 2. The van der Waals surface area contributed by atoms with Gasteiger partial charge in [-0.1, -0.05) is 60.7 Å². The number of anilines is 3. The van der Waals surface area contributed by atoms with Crippen molar-refractivity contribution < 1.29 is 14.4 Å². The molecule has 0 aliphatic rings. The molecule has 172 valence electrons. The van der Waals surface area contributed by atoms with Gasteiger partial charge in [-0.2, -0.15) is 0 Å². The number of ether oxygens (including phenoxy) is 2. The van der Waals surface area contributed by atoms with E-state index in [4.69, 9.17) is 9.47 Å². The van der Waals surface area contributed by atoms with Gasteiger partial charge in [0.1, 0.15) is 17.8 Å². The van der Waals surface area contributed by atoms with Crippen LogP contribution in [0.2, 0.25) is 0 Å². The second-order valence-corrected chi connectivity index (χ2v) is 7.27. The molecule has 0 aliphatic heterocycles. The van der Waals surface area contributed by atoms with Gasteiger partial charge in [-0.3, -0.25) is 10.1 Å². The SMILES string of the molecule is COc1ccc(Nc2ncnc(NC(c3ccccc3)c3ccccc3)c2[N+](=O)[O-])c(OC)c1. The molecule has 9 heteroatoms. The molecule has 0 atom stereocenters. The van der Waals surface area contributed by atoms with Crippen LogP contribution in [0, 0.1) is 10.1 Å². The fourth-order valence-electron chi connectivity index (χ4n) is 3.56. The fraction of sp³-hybridized carbons (Fsp3) is 0.120. The van der Waals surface area contributed by atoms with Gasteiger partial charge in [-0.15, -0.1) is 0 Å². The average Bonchev–Trinajstić information content (AvgIpc) is 2.88. The normalized spacial score (nSPS) is 10.6. The Labute approximate surface area is 196 Å². The molecule has 9 nitrogen and oxygen atoms in total. The van der Waals surface area contributed by atoms with Gasteiger partial charge < -0.3 is 20.1 Å². The number of hydrogen-bond acceptors (Lipinski definition) is 8. The highest BCUT2D eigenvalue weighted by Gasteiger charge is 2.27. The molecule has 0 radical (unpaired) electrons. The first-order valence-corrected chi connectivity index (χ1v) is 10.5. The number of nitro groups is 1. The first-order valence-electron chi connectivity index (χ1n) is 10.5. The van der Waals surface area contributed by atoms with Gasteiger partial charge in [0.05, 0.1) is 30.9 Å². The van der Waals surface area contributed by atoms with Crippen LogP contribution < -0.4 is 20.1 Å². The molecule has 0 spiro atoms.